The monoisotopic (exact) mass is 336 g/mol. The molecule has 5 nitrogen and oxygen atoms in total. The van der Waals surface area contributed by atoms with Crippen LogP contribution in [0.2, 0.25) is 5.02 Å². The molecule has 0 fully saturated rings. The number of carbonyl (C=O) groups is 2. The van der Waals surface area contributed by atoms with E-state index in [4.69, 9.17) is 11.6 Å². The van der Waals surface area contributed by atoms with Crippen LogP contribution >= 0.6 is 11.6 Å². The zero-order valence-electron chi connectivity index (χ0n) is 12.5. The molecule has 2 rings (SSSR count). The minimum Gasteiger partial charge on any atom is -0.355 e. The van der Waals surface area contributed by atoms with E-state index >= 15 is 0 Å². The number of hydrogen-bond donors (Lipinski definition) is 1. The van der Waals surface area contributed by atoms with Crippen molar-refractivity contribution in [3.8, 4) is 0 Å². The van der Waals surface area contributed by atoms with E-state index in [0.717, 1.165) is 10.6 Å². The molecule has 0 bridgehead atoms. The van der Waals surface area contributed by atoms with Gasteiger partial charge in [0.25, 0.3) is 11.5 Å². The van der Waals surface area contributed by atoms with E-state index < -0.39 is 17.2 Å². The van der Waals surface area contributed by atoms with Gasteiger partial charge in [-0.15, -0.1) is 0 Å². The molecule has 1 N–H and O–H groups in total. The summed E-state index contributed by atoms with van der Waals surface area (Å²) >= 11 is 5.89. The SMILES string of the molecule is CNC(=O)c1ccc(=O)n(CC(=O)c2cc(C)c(F)cc2Cl)c1. The first kappa shape index (κ1) is 16.9. The van der Waals surface area contributed by atoms with E-state index in [0.29, 0.717) is 0 Å². The van der Waals surface area contributed by atoms with Crippen LogP contribution in [-0.4, -0.2) is 23.3 Å². The number of aromatic nitrogens is 1. The van der Waals surface area contributed by atoms with Crippen molar-refractivity contribution in [2.45, 2.75) is 13.5 Å². The molecule has 0 saturated heterocycles. The maximum absolute atomic E-state index is 13.4. The molecule has 0 radical (unpaired) electrons. The van der Waals surface area contributed by atoms with Crippen LogP contribution in [0.4, 0.5) is 4.39 Å². The zero-order valence-corrected chi connectivity index (χ0v) is 13.3. The minimum atomic E-state index is -0.509. The van der Waals surface area contributed by atoms with Crippen LogP contribution in [0.3, 0.4) is 0 Å². The van der Waals surface area contributed by atoms with E-state index in [1.165, 1.54) is 38.4 Å². The smallest absolute Gasteiger partial charge is 0.252 e. The number of nitrogens with one attached hydrogen (secondary N) is 1. The van der Waals surface area contributed by atoms with Gasteiger partial charge in [-0.2, -0.15) is 0 Å². The highest BCUT2D eigenvalue weighted by molar-refractivity contribution is 6.34. The molecule has 0 spiro atoms. The summed E-state index contributed by atoms with van der Waals surface area (Å²) in [7, 11) is 1.46. The number of ketones is 1. The highest BCUT2D eigenvalue weighted by atomic mass is 35.5. The van der Waals surface area contributed by atoms with Crippen molar-refractivity contribution in [2.24, 2.45) is 0 Å². The molecule has 1 heterocycles. The van der Waals surface area contributed by atoms with Crippen molar-refractivity contribution in [1.82, 2.24) is 9.88 Å². The fourth-order valence-electron chi connectivity index (χ4n) is 2.04. The van der Waals surface area contributed by atoms with Gasteiger partial charge < -0.3 is 9.88 Å². The van der Waals surface area contributed by atoms with Crippen LogP contribution in [0.5, 0.6) is 0 Å². The molecule has 120 valence electrons. The normalized spacial score (nSPS) is 10.4. The number of Topliss-reactive ketones (excluding diaryl/α,β-unsaturated/α-hetero) is 1. The first-order valence-electron chi connectivity index (χ1n) is 6.75. The van der Waals surface area contributed by atoms with Gasteiger partial charge in [-0.1, -0.05) is 11.6 Å². The quantitative estimate of drug-likeness (QED) is 0.870. The molecule has 7 heteroatoms. The molecule has 0 saturated carbocycles. The highest BCUT2D eigenvalue weighted by Gasteiger charge is 2.15. The lowest BCUT2D eigenvalue weighted by Gasteiger charge is -2.09. The second kappa shape index (κ2) is 6.75. The molecule has 2 aromatic rings. The third kappa shape index (κ3) is 3.65. The Balaban J connectivity index is 2.36. The van der Waals surface area contributed by atoms with Crippen molar-refractivity contribution in [2.75, 3.05) is 7.05 Å². The van der Waals surface area contributed by atoms with Crippen molar-refractivity contribution in [3.63, 3.8) is 0 Å². The summed E-state index contributed by atoms with van der Waals surface area (Å²) in [6, 6.07) is 4.98. The third-order valence-corrected chi connectivity index (χ3v) is 3.65. The lowest BCUT2D eigenvalue weighted by Crippen LogP contribution is -2.26. The number of rotatable bonds is 4. The Hall–Kier alpha value is -2.47. The molecule has 0 aliphatic carbocycles. The molecule has 0 atom stereocenters. The summed E-state index contributed by atoms with van der Waals surface area (Å²) < 4.78 is 14.5. The largest absolute Gasteiger partial charge is 0.355 e. The van der Waals surface area contributed by atoms with Gasteiger partial charge in [-0.3, -0.25) is 14.4 Å². The Morgan fingerprint density at radius 1 is 1.30 bits per heavy atom. The molecule has 1 amide bonds. The molecule has 0 unspecified atom stereocenters. The number of benzene rings is 1. The molecule has 0 aliphatic rings. The number of halogens is 2. The van der Waals surface area contributed by atoms with Crippen LogP contribution in [0.1, 0.15) is 26.3 Å². The summed E-state index contributed by atoms with van der Waals surface area (Å²) in [6.07, 6.45) is 1.29. The topological polar surface area (TPSA) is 68.2 Å². The lowest BCUT2D eigenvalue weighted by molar-refractivity contribution is 0.0950. The van der Waals surface area contributed by atoms with E-state index in [-0.39, 0.29) is 34.2 Å². The first-order chi connectivity index (χ1) is 10.8. The maximum Gasteiger partial charge on any atom is 0.252 e. The second-order valence-electron chi connectivity index (χ2n) is 4.97. The molecule has 0 aliphatic heterocycles. The summed E-state index contributed by atoms with van der Waals surface area (Å²) in [5.41, 5.74) is 0.231. The number of nitrogens with zero attached hydrogens (tertiary/aromatic N) is 1. The van der Waals surface area contributed by atoms with Gasteiger partial charge >= 0.3 is 0 Å². The van der Waals surface area contributed by atoms with E-state index in [2.05, 4.69) is 5.32 Å². The Morgan fingerprint density at radius 2 is 2.00 bits per heavy atom. The molecular weight excluding hydrogens is 323 g/mol. The summed E-state index contributed by atoms with van der Waals surface area (Å²) in [5.74, 6) is -1.33. The predicted molar refractivity (Wildman–Crippen MR) is 84.6 cm³/mol. The zero-order chi connectivity index (χ0) is 17.1. The molecule has 1 aromatic heterocycles. The average molecular weight is 337 g/mol. The van der Waals surface area contributed by atoms with E-state index in [1.54, 1.807) is 0 Å². The van der Waals surface area contributed by atoms with Gasteiger partial charge in [0, 0.05) is 24.9 Å². The number of pyridine rings is 1. The van der Waals surface area contributed by atoms with Gasteiger partial charge in [0.1, 0.15) is 5.82 Å². The van der Waals surface area contributed by atoms with Crippen molar-refractivity contribution in [3.05, 3.63) is 68.3 Å². The first-order valence-corrected chi connectivity index (χ1v) is 7.12. The van der Waals surface area contributed by atoms with Crippen LogP contribution in [-0.2, 0) is 6.54 Å². The summed E-state index contributed by atoms with van der Waals surface area (Å²) in [6.45, 7) is 1.22. The number of hydrogen-bond acceptors (Lipinski definition) is 3. The van der Waals surface area contributed by atoms with E-state index in [9.17, 15) is 18.8 Å². The fraction of sp³-hybridized carbons (Fsp3) is 0.188. The number of aryl methyl sites for hydroxylation is 1. The average Bonchev–Trinajstić information content (AvgIpc) is 2.52. The Kier molecular flexibility index (Phi) is 4.95. The maximum atomic E-state index is 13.4. The van der Waals surface area contributed by atoms with Crippen LogP contribution < -0.4 is 10.9 Å². The Labute approximate surface area is 136 Å². The molecule has 23 heavy (non-hydrogen) atoms. The van der Waals surface area contributed by atoms with Crippen molar-refractivity contribution < 1.29 is 14.0 Å². The predicted octanol–water partition coefficient (Wildman–Crippen LogP) is 2.19. The van der Waals surface area contributed by atoms with Crippen LogP contribution in [0.25, 0.3) is 0 Å². The summed E-state index contributed by atoms with van der Waals surface area (Å²) in [4.78, 5) is 35.8. The standard InChI is InChI=1S/C16H14ClFN2O3/c1-9-5-11(12(17)6-13(9)18)14(21)8-20-7-10(16(23)19-2)3-4-15(20)22/h3-7H,8H2,1-2H3,(H,19,23). The van der Waals surface area contributed by atoms with Gasteiger partial charge in [-0.25, -0.2) is 4.39 Å². The van der Waals surface area contributed by atoms with Gasteiger partial charge in [0.15, 0.2) is 5.78 Å². The minimum absolute atomic E-state index is 0.0198. The van der Waals surface area contributed by atoms with Crippen LogP contribution in [0, 0.1) is 12.7 Å². The lowest BCUT2D eigenvalue weighted by atomic mass is 10.1. The number of amides is 1. The van der Waals surface area contributed by atoms with Gasteiger partial charge in [0.05, 0.1) is 17.1 Å². The third-order valence-electron chi connectivity index (χ3n) is 3.34. The number of carbonyl (C=O) groups excluding carboxylic acids is 2. The highest BCUT2D eigenvalue weighted by Crippen LogP contribution is 2.21. The van der Waals surface area contributed by atoms with Crippen molar-refractivity contribution >= 4 is 23.3 Å². The van der Waals surface area contributed by atoms with Crippen LogP contribution in [0.15, 0.2) is 35.3 Å². The fourth-order valence-corrected chi connectivity index (χ4v) is 2.30. The van der Waals surface area contributed by atoms with Gasteiger partial charge in [0.2, 0.25) is 0 Å². The molecular formula is C16H14ClFN2O3. The van der Waals surface area contributed by atoms with Gasteiger partial charge in [-0.05, 0) is 30.7 Å². The Bertz CT molecular complexity index is 846. The molecule has 1 aromatic carbocycles. The summed E-state index contributed by atoms with van der Waals surface area (Å²) in [5, 5.41) is 2.41. The Morgan fingerprint density at radius 3 is 2.65 bits per heavy atom. The van der Waals surface area contributed by atoms with E-state index in [1.807, 2.05) is 0 Å². The van der Waals surface area contributed by atoms with Crippen molar-refractivity contribution in [1.29, 1.82) is 0 Å². The second-order valence-corrected chi connectivity index (χ2v) is 5.37.